The van der Waals surface area contributed by atoms with Gasteiger partial charge in [0.05, 0.1) is 27.3 Å². The maximum atomic E-state index is 9.54. The summed E-state index contributed by atoms with van der Waals surface area (Å²) in [6, 6.07) is 12.1. The molecule has 5 heteroatoms. The third-order valence-electron chi connectivity index (χ3n) is 3.96. The standard InChI is InChI=1S/C19H16IN3O/c1-11-6-16-17(7-12(11)2)23-19(22-16)14(10-21)8-13-4-5-18(24-3)15(20)9-13/h4-9H,1-3H3,(H,22,23)/b14-8-. The SMILES string of the molecule is COc1ccc(/C=C(/C#N)c2nc3cc(C)c(C)cc3[nH]2)cc1I. The van der Waals surface area contributed by atoms with Gasteiger partial charge in [-0.1, -0.05) is 6.07 Å². The van der Waals surface area contributed by atoms with Gasteiger partial charge in [-0.3, -0.25) is 0 Å². The number of aryl methyl sites for hydroxylation is 2. The molecule has 1 N–H and O–H groups in total. The Morgan fingerprint density at radius 1 is 1.25 bits per heavy atom. The molecule has 0 aliphatic carbocycles. The lowest BCUT2D eigenvalue weighted by atomic mass is 10.1. The van der Waals surface area contributed by atoms with Crippen LogP contribution in [0.5, 0.6) is 5.75 Å². The predicted molar refractivity (Wildman–Crippen MR) is 105 cm³/mol. The number of methoxy groups -OCH3 is 1. The summed E-state index contributed by atoms with van der Waals surface area (Å²) in [5.41, 5.74) is 5.64. The van der Waals surface area contributed by atoms with Gasteiger partial charge in [0.1, 0.15) is 17.6 Å². The Balaban J connectivity index is 2.05. The molecule has 0 aliphatic rings. The zero-order chi connectivity index (χ0) is 17.3. The lowest BCUT2D eigenvalue weighted by Crippen LogP contribution is -1.88. The summed E-state index contributed by atoms with van der Waals surface area (Å²) in [6.07, 6.45) is 1.83. The van der Waals surface area contributed by atoms with Crippen LogP contribution in [-0.4, -0.2) is 17.1 Å². The van der Waals surface area contributed by atoms with E-state index in [4.69, 9.17) is 4.74 Å². The Morgan fingerprint density at radius 2 is 2.00 bits per heavy atom. The highest BCUT2D eigenvalue weighted by atomic mass is 127. The van der Waals surface area contributed by atoms with E-state index in [-0.39, 0.29) is 0 Å². The largest absolute Gasteiger partial charge is 0.496 e. The third-order valence-corrected chi connectivity index (χ3v) is 4.80. The van der Waals surface area contributed by atoms with Crippen molar-refractivity contribution in [2.24, 2.45) is 0 Å². The first-order valence-electron chi connectivity index (χ1n) is 7.44. The Hall–Kier alpha value is -2.33. The van der Waals surface area contributed by atoms with E-state index >= 15 is 0 Å². The molecule has 0 saturated carbocycles. The molecule has 3 rings (SSSR count). The number of nitrogens with one attached hydrogen (secondary N) is 1. The second kappa shape index (κ2) is 6.65. The van der Waals surface area contributed by atoms with E-state index in [1.54, 1.807) is 7.11 Å². The van der Waals surface area contributed by atoms with Crippen LogP contribution in [0.1, 0.15) is 22.5 Å². The molecule has 4 nitrogen and oxygen atoms in total. The van der Waals surface area contributed by atoms with Crippen LogP contribution in [0.3, 0.4) is 0 Å². The second-order valence-electron chi connectivity index (χ2n) is 5.60. The number of allylic oxidation sites excluding steroid dienone is 1. The number of aromatic amines is 1. The Labute approximate surface area is 154 Å². The molecule has 120 valence electrons. The van der Waals surface area contributed by atoms with E-state index in [1.807, 2.05) is 30.3 Å². The lowest BCUT2D eigenvalue weighted by molar-refractivity contribution is 0.412. The number of hydrogen-bond acceptors (Lipinski definition) is 3. The van der Waals surface area contributed by atoms with Gasteiger partial charge in [0.25, 0.3) is 0 Å². The van der Waals surface area contributed by atoms with Crippen LogP contribution in [0.25, 0.3) is 22.7 Å². The van der Waals surface area contributed by atoms with Crippen LogP contribution >= 0.6 is 22.6 Å². The lowest BCUT2D eigenvalue weighted by Gasteiger charge is -2.03. The number of halogens is 1. The zero-order valence-corrected chi connectivity index (χ0v) is 15.8. The molecule has 2 aromatic carbocycles. The first kappa shape index (κ1) is 16.5. The fourth-order valence-corrected chi connectivity index (χ4v) is 3.25. The Morgan fingerprint density at radius 3 is 2.67 bits per heavy atom. The highest BCUT2D eigenvalue weighted by Gasteiger charge is 2.10. The van der Waals surface area contributed by atoms with E-state index < -0.39 is 0 Å². The molecule has 0 spiro atoms. The van der Waals surface area contributed by atoms with Gasteiger partial charge in [0.2, 0.25) is 0 Å². The minimum absolute atomic E-state index is 0.502. The minimum atomic E-state index is 0.502. The van der Waals surface area contributed by atoms with E-state index in [0.717, 1.165) is 25.9 Å². The highest BCUT2D eigenvalue weighted by Crippen LogP contribution is 2.25. The van der Waals surface area contributed by atoms with Crippen LogP contribution in [0.15, 0.2) is 30.3 Å². The number of ether oxygens (including phenoxy) is 1. The number of imidazole rings is 1. The van der Waals surface area contributed by atoms with Crippen molar-refractivity contribution < 1.29 is 4.74 Å². The summed E-state index contributed by atoms with van der Waals surface area (Å²) in [6.45, 7) is 4.12. The molecule has 1 aromatic heterocycles. The van der Waals surface area contributed by atoms with Crippen molar-refractivity contribution in [3.63, 3.8) is 0 Å². The minimum Gasteiger partial charge on any atom is -0.496 e. The van der Waals surface area contributed by atoms with Crippen molar-refractivity contribution in [3.8, 4) is 11.8 Å². The quantitative estimate of drug-likeness (QED) is 0.478. The van der Waals surface area contributed by atoms with Crippen LogP contribution in [0, 0.1) is 28.7 Å². The zero-order valence-electron chi connectivity index (χ0n) is 13.6. The molecule has 24 heavy (non-hydrogen) atoms. The summed E-state index contributed by atoms with van der Waals surface area (Å²) in [7, 11) is 1.64. The fraction of sp³-hybridized carbons (Fsp3) is 0.158. The molecule has 3 aromatic rings. The van der Waals surface area contributed by atoms with Gasteiger partial charge in [0, 0.05) is 0 Å². The number of fused-ring (bicyclic) bond motifs is 1. The van der Waals surface area contributed by atoms with Gasteiger partial charge in [-0.25, -0.2) is 4.98 Å². The molecular formula is C19H16IN3O. The van der Waals surface area contributed by atoms with Gasteiger partial charge in [-0.15, -0.1) is 0 Å². The molecule has 0 aliphatic heterocycles. The smallest absolute Gasteiger partial charge is 0.149 e. The number of benzene rings is 2. The highest BCUT2D eigenvalue weighted by molar-refractivity contribution is 14.1. The molecule has 0 fully saturated rings. The van der Waals surface area contributed by atoms with E-state index in [9.17, 15) is 5.26 Å². The number of hydrogen-bond donors (Lipinski definition) is 1. The Kier molecular flexibility index (Phi) is 4.58. The van der Waals surface area contributed by atoms with Crippen molar-refractivity contribution in [2.45, 2.75) is 13.8 Å². The first-order chi connectivity index (χ1) is 11.5. The summed E-state index contributed by atoms with van der Waals surface area (Å²) >= 11 is 2.22. The van der Waals surface area contributed by atoms with Crippen LogP contribution < -0.4 is 4.74 Å². The third kappa shape index (κ3) is 3.15. The fourth-order valence-electron chi connectivity index (χ4n) is 2.49. The molecule has 0 radical (unpaired) electrons. The molecule has 1 heterocycles. The van der Waals surface area contributed by atoms with Crippen molar-refractivity contribution >= 4 is 45.3 Å². The topological polar surface area (TPSA) is 61.7 Å². The first-order valence-corrected chi connectivity index (χ1v) is 8.52. The molecule has 0 unspecified atom stereocenters. The number of rotatable bonds is 3. The molecule has 0 atom stereocenters. The second-order valence-corrected chi connectivity index (χ2v) is 6.77. The molecular weight excluding hydrogens is 413 g/mol. The maximum Gasteiger partial charge on any atom is 0.149 e. The van der Waals surface area contributed by atoms with Crippen molar-refractivity contribution in [3.05, 3.63) is 56.4 Å². The van der Waals surface area contributed by atoms with Gasteiger partial charge < -0.3 is 9.72 Å². The normalized spacial score (nSPS) is 11.5. The maximum absolute atomic E-state index is 9.54. The van der Waals surface area contributed by atoms with Gasteiger partial charge >= 0.3 is 0 Å². The van der Waals surface area contributed by atoms with Gasteiger partial charge in [0.15, 0.2) is 0 Å². The van der Waals surface area contributed by atoms with Crippen LogP contribution in [-0.2, 0) is 0 Å². The van der Waals surface area contributed by atoms with E-state index in [2.05, 4.69) is 58.5 Å². The summed E-state index contributed by atoms with van der Waals surface area (Å²) in [4.78, 5) is 7.81. The molecule has 0 saturated heterocycles. The van der Waals surface area contributed by atoms with E-state index in [1.165, 1.54) is 11.1 Å². The number of aromatic nitrogens is 2. The number of nitriles is 1. The average Bonchev–Trinajstić information content (AvgIpc) is 2.95. The summed E-state index contributed by atoms with van der Waals surface area (Å²) < 4.78 is 6.26. The van der Waals surface area contributed by atoms with Crippen LogP contribution in [0.4, 0.5) is 0 Å². The molecule has 0 bridgehead atoms. The van der Waals surface area contributed by atoms with E-state index in [0.29, 0.717) is 11.4 Å². The van der Waals surface area contributed by atoms with Crippen molar-refractivity contribution in [1.29, 1.82) is 5.26 Å². The van der Waals surface area contributed by atoms with Gasteiger partial charge in [-0.05, 0) is 83.5 Å². The molecule has 0 amide bonds. The Bertz CT molecular complexity index is 957. The average molecular weight is 429 g/mol. The monoisotopic (exact) mass is 429 g/mol. The predicted octanol–water partition coefficient (Wildman–Crippen LogP) is 4.86. The van der Waals surface area contributed by atoms with Crippen molar-refractivity contribution in [2.75, 3.05) is 7.11 Å². The van der Waals surface area contributed by atoms with Crippen LogP contribution in [0.2, 0.25) is 0 Å². The summed E-state index contributed by atoms with van der Waals surface area (Å²) in [5, 5.41) is 9.54. The van der Waals surface area contributed by atoms with Crippen molar-refractivity contribution in [1.82, 2.24) is 9.97 Å². The summed E-state index contributed by atoms with van der Waals surface area (Å²) in [5.74, 6) is 1.41. The van der Waals surface area contributed by atoms with Gasteiger partial charge in [-0.2, -0.15) is 5.26 Å². The number of nitrogens with zero attached hydrogens (tertiary/aromatic N) is 2. The number of H-pyrrole nitrogens is 1.